The van der Waals surface area contributed by atoms with Crippen molar-refractivity contribution < 1.29 is 8.42 Å². The summed E-state index contributed by atoms with van der Waals surface area (Å²) in [7, 11) is -3.24. The van der Waals surface area contributed by atoms with Gasteiger partial charge in [-0.05, 0) is 51.1 Å². The van der Waals surface area contributed by atoms with E-state index in [1.807, 2.05) is 0 Å². The van der Waals surface area contributed by atoms with Gasteiger partial charge < -0.3 is 5.32 Å². The lowest BCUT2D eigenvalue weighted by molar-refractivity contribution is 0.358. The maximum atomic E-state index is 11.5. The molecule has 0 radical (unpaired) electrons. The fourth-order valence-corrected chi connectivity index (χ4v) is 3.17. The van der Waals surface area contributed by atoms with Gasteiger partial charge in [0.05, 0.1) is 0 Å². The van der Waals surface area contributed by atoms with Crippen molar-refractivity contribution in [2.75, 3.05) is 19.6 Å². The normalized spacial score (nSPS) is 26.9. The van der Waals surface area contributed by atoms with Crippen molar-refractivity contribution in [2.24, 2.45) is 5.92 Å². The van der Waals surface area contributed by atoms with Gasteiger partial charge in [0.15, 0.2) is 0 Å². The van der Waals surface area contributed by atoms with Crippen LogP contribution in [0.2, 0.25) is 0 Å². The molecule has 1 aliphatic heterocycles. The predicted molar refractivity (Wildman–Crippen MR) is 63.3 cm³/mol. The molecule has 0 aromatic rings. The third kappa shape index (κ3) is 4.37. The first-order valence-electron chi connectivity index (χ1n) is 6.13. The Bertz CT molecular complexity index is 308. The van der Waals surface area contributed by atoms with Gasteiger partial charge in [0.1, 0.15) is 0 Å². The topological polar surface area (TPSA) is 70.2 Å². The van der Waals surface area contributed by atoms with Crippen molar-refractivity contribution in [2.45, 2.75) is 38.1 Å². The Hall–Kier alpha value is -0.170. The van der Waals surface area contributed by atoms with E-state index in [0.29, 0.717) is 12.5 Å². The number of hydrogen-bond acceptors (Lipinski definition) is 3. The molecule has 1 atom stereocenters. The minimum atomic E-state index is -3.24. The zero-order valence-electron chi connectivity index (χ0n) is 9.54. The van der Waals surface area contributed by atoms with Gasteiger partial charge in [-0.2, -0.15) is 13.1 Å². The first kappa shape index (κ1) is 12.3. The summed E-state index contributed by atoms with van der Waals surface area (Å²) >= 11 is 0. The molecule has 2 aliphatic rings. The lowest BCUT2D eigenvalue weighted by atomic mass is 9.96. The SMILES string of the molecule is O=S(=O)(NCCC1CCCNC1)NC1CC1. The van der Waals surface area contributed by atoms with Gasteiger partial charge in [0, 0.05) is 12.6 Å². The number of rotatable bonds is 6. The first-order chi connectivity index (χ1) is 7.66. The van der Waals surface area contributed by atoms with E-state index in [2.05, 4.69) is 14.8 Å². The van der Waals surface area contributed by atoms with E-state index < -0.39 is 10.2 Å². The van der Waals surface area contributed by atoms with E-state index in [-0.39, 0.29) is 6.04 Å². The van der Waals surface area contributed by atoms with E-state index in [9.17, 15) is 8.42 Å². The lowest BCUT2D eigenvalue weighted by Crippen LogP contribution is -2.39. The highest BCUT2D eigenvalue weighted by Gasteiger charge is 2.26. The third-order valence-electron chi connectivity index (χ3n) is 3.14. The summed E-state index contributed by atoms with van der Waals surface area (Å²) in [5.74, 6) is 0.623. The largest absolute Gasteiger partial charge is 0.316 e. The number of nitrogens with one attached hydrogen (secondary N) is 3. The van der Waals surface area contributed by atoms with E-state index in [4.69, 9.17) is 0 Å². The molecule has 1 heterocycles. The van der Waals surface area contributed by atoms with Crippen molar-refractivity contribution in [3.63, 3.8) is 0 Å². The smallest absolute Gasteiger partial charge is 0.277 e. The van der Waals surface area contributed by atoms with Crippen LogP contribution in [0.1, 0.15) is 32.1 Å². The standard InChI is InChI=1S/C10H21N3O2S/c14-16(15,13-10-3-4-10)12-7-5-9-2-1-6-11-8-9/h9-13H,1-8H2. The molecular formula is C10H21N3O2S. The molecule has 2 fully saturated rings. The summed E-state index contributed by atoms with van der Waals surface area (Å²) in [6.45, 7) is 2.68. The van der Waals surface area contributed by atoms with Crippen molar-refractivity contribution in [1.29, 1.82) is 0 Å². The van der Waals surface area contributed by atoms with Crippen LogP contribution in [-0.4, -0.2) is 34.1 Å². The van der Waals surface area contributed by atoms with Gasteiger partial charge in [0.2, 0.25) is 0 Å². The molecule has 1 saturated carbocycles. The van der Waals surface area contributed by atoms with Gasteiger partial charge >= 0.3 is 0 Å². The highest BCUT2D eigenvalue weighted by Crippen LogP contribution is 2.19. The maximum absolute atomic E-state index is 11.5. The highest BCUT2D eigenvalue weighted by atomic mass is 32.2. The molecule has 6 heteroatoms. The summed E-state index contributed by atoms with van der Waals surface area (Å²) in [6, 6.07) is 0.189. The van der Waals surface area contributed by atoms with E-state index >= 15 is 0 Å². The molecule has 1 aliphatic carbocycles. The Kier molecular flexibility index (Phi) is 4.18. The second-order valence-corrected chi connectivity index (χ2v) is 6.32. The first-order valence-corrected chi connectivity index (χ1v) is 7.62. The summed E-state index contributed by atoms with van der Waals surface area (Å²) in [5.41, 5.74) is 0. The average molecular weight is 247 g/mol. The molecule has 0 spiro atoms. The van der Waals surface area contributed by atoms with E-state index in [1.54, 1.807) is 0 Å². The highest BCUT2D eigenvalue weighted by molar-refractivity contribution is 7.87. The zero-order chi connectivity index (χ0) is 11.4. The monoisotopic (exact) mass is 247 g/mol. The van der Waals surface area contributed by atoms with Crippen LogP contribution in [0.3, 0.4) is 0 Å². The molecule has 3 N–H and O–H groups in total. The van der Waals surface area contributed by atoms with Crippen LogP contribution in [0.25, 0.3) is 0 Å². The third-order valence-corrected chi connectivity index (χ3v) is 4.37. The zero-order valence-corrected chi connectivity index (χ0v) is 10.4. The summed E-state index contributed by atoms with van der Waals surface area (Å²) in [4.78, 5) is 0. The van der Waals surface area contributed by atoms with Crippen LogP contribution < -0.4 is 14.8 Å². The minimum Gasteiger partial charge on any atom is -0.316 e. The summed E-state index contributed by atoms with van der Waals surface area (Å²) in [5, 5.41) is 3.33. The maximum Gasteiger partial charge on any atom is 0.277 e. The van der Waals surface area contributed by atoms with Gasteiger partial charge in [0.25, 0.3) is 10.2 Å². The van der Waals surface area contributed by atoms with Crippen LogP contribution in [0.15, 0.2) is 0 Å². The van der Waals surface area contributed by atoms with Crippen molar-refractivity contribution in [1.82, 2.24) is 14.8 Å². The van der Waals surface area contributed by atoms with E-state index in [1.165, 1.54) is 12.8 Å². The van der Waals surface area contributed by atoms with Gasteiger partial charge in [-0.25, -0.2) is 4.72 Å². The van der Waals surface area contributed by atoms with Crippen molar-refractivity contribution >= 4 is 10.2 Å². The van der Waals surface area contributed by atoms with Crippen LogP contribution in [0, 0.1) is 5.92 Å². The molecule has 16 heavy (non-hydrogen) atoms. The van der Waals surface area contributed by atoms with Crippen molar-refractivity contribution in [3.05, 3.63) is 0 Å². The van der Waals surface area contributed by atoms with Gasteiger partial charge in [-0.15, -0.1) is 0 Å². The summed E-state index contributed by atoms with van der Waals surface area (Å²) in [6.07, 6.45) is 5.31. The molecule has 1 saturated heterocycles. The fourth-order valence-electron chi connectivity index (χ4n) is 2.03. The molecule has 0 aromatic carbocycles. The second-order valence-electron chi connectivity index (χ2n) is 4.79. The van der Waals surface area contributed by atoms with Crippen LogP contribution in [0.4, 0.5) is 0 Å². The molecule has 0 amide bonds. The van der Waals surface area contributed by atoms with Crippen LogP contribution in [0.5, 0.6) is 0 Å². The Labute approximate surface area is 97.6 Å². The minimum absolute atomic E-state index is 0.189. The van der Waals surface area contributed by atoms with Gasteiger partial charge in [-0.3, -0.25) is 0 Å². The molecule has 0 bridgehead atoms. The number of hydrogen-bond donors (Lipinski definition) is 3. The Morgan fingerprint density at radius 3 is 2.69 bits per heavy atom. The molecule has 2 rings (SSSR count). The van der Waals surface area contributed by atoms with Gasteiger partial charge in [-0.1, -0.05) is 0 Å². The molecule has 1 unspecified atom stereocenters. The van der Waals surface area contributed by atoms with E-state index in [0.717, 1.165) is 32.4 Å². The molecular weight excluding hydrogens is 226 g/mol. The Morgan fingerprint density at radius 2 is 2.06 bits per heavy atom. The van der Waals surface area contributed by atoms with Crippen molar-refractivity contribution in [3.8, 4) is 0 Å². The Balaban J connectivity index is 1.62. The average Bonchev–Trinajstić information content (AvgIpc) is 3.02. The summed E-state index contributed by atoms with van der Waals surface area (Å²) < 4.78 is 28.2. The van der Waals surface area contributed by atoms with Crippen LogP contribution in [-0.2, 0) is 10.2 Å². The molecule has 0 aromatic heterocycles. The molecule has 5 nitrogen and oxygen atoms in total. The fraction of sp³-hybridized carbons (Fsp3) is 1.00. The van der Waals surface area contributed by atoms with Crippen LogP contribution >= 0.6 is 0 Å². The lowest BCUT2D eigenvalue weighted by Gasteiger charge is -2.22. The number of piperidine rings is 1. The molecule has 94 valence electrons. The quantitative estimate of drug-likeness (QED) is 0.617. The second kappa shape index (κ2) is 5.44. The predicted octanol–water partition coefficient (Wildman–Crippen LogP) is -0.0375. The Morgan fingerprint density at radius 1 is 1.25 bits per heavy atom.